The van der Waals surface area contributed by atoms with Gasteiger partial charge >= 0.3 is 16.8 Å². The summed E-state index contributed by atoms with van der Waals surface area (Å²) < 4.78 is 0. The van der Waals surface area contributed by atoms with Crippen LogP contribution >= 0.6 is 0 Å². The monoisotopic (exact) mass is 223 g/mol. The fourth-order valence-electron chi connectivity index (χ4n) is 0.742. The number of aromatic carboxylic acids is 2. The Morgan fingerprint density at radius 2 is 1.08 bits per heavy atom. The van der Waals surface area contributed by atoms with Crippen molar-refractivity contribution < 1.29 is 36.6 Å². The summed E-state index contributed by atoms with van der Waals surface area (Å²) >= 11 is 0. The summed E-state index contributed by atoms with van der Waals surface area (Å²) in [6.45, 7) is 0. The third kappa shape index (κ3) is 2.88. The van der Waals surface area contributed by atoms with Crippen molar-refractivity contribution in [2.45, 2.75) is 0 Å². The van der Waals surface area contributed by atoms with Gasteiger partial charge in [0.1, 0.15) is 0 Å². The van der Waals surface area contributed by atoms with Gasteiger partial charge in [0.2, 0.25) is 0 Å². The average molecular weight is 223 g/mol. The van der Waals surface area contributed by atoms with Crippen LogP contribution in [0.15, 0.2) is 24.3 Å². The van der Waals surface area contributed by atoms with Gasteiger partial charge in [0.15, 0.2) is 0 Å². The second-order valence-corrected chi connectivity index (χ2v) is 2.15. The predicted octanol–water partition coefficient (Wildman–Crippen LogP) is -1.59. The van der Waals surface area contributed by atoms with Crippen molar-refractivity contribution in [3.63, 3.8) is 0 Å². The second kappa shape index (κ2) is 4.63. The van der Waals surface area contributed by atoms with Crippen molar-refractivity contribution >= 4 is 11.9 Å². The summed E-state index contributed by atoms with van der Waals surface area (Å²) in [5.41, 5.74) is -0.111. The molecule has 69 valence electrons. The zero-order chi connectivity index (χ0) is 9.14. The molecule has 1 rings (SSSR count). The fourth-order valence-corrected chi connectivity index (χ4v) is 0.742. The number of carbonyl (C=O) groups is 2. The summed E-state index contributed by atoms with van der Waals surface area (Å²) in [6, 6.07) is 4.61. The molecule has 0 saturated carbocycles. The summed E-state index contributed by atoms with van der Waals surface area (Å²) in [7, 11) is 0. The first kappa shape index (κ1) is 11.7. The fraction of sp³-hybridized carbons (Fsp3) is 0. The van der Waals surface area contributed by atoms with Crippen LogP contribution in [0.4, 0.5) is 0 Å². The summed E-state index contributed by atoms with van der Waals surface area (Å²) in [5.74, 6) is -2.67. The Balaban J connectivity index is 0.00000144. The molecular weight excluding hydrogens is 219 g/mol. The minimum atomic E-state index is -1.33. The van der Waals surface area contributed by atoms with E-state index in [-0.39, 0.29) is 27.9 Å². The topological polar surface area (TPSA) is 80.3 Å². The average Bonchev–Trinajstić information content (AvgIpc) is 2.04. The number of carbonyl (C=O) groups excluding carboxylic acids is 2. The maximum Gasteiger partial charge on any atom is 2.00 e. The van der Waals surface area contributed by atoms with Crippen LogP contribution in [0.2, 0.25) is 0 Å². The van der Waals surface area contributed by atoms with E-state index < -0.39 is 11.9 Å². The van der Waals surface area contributed by atoms with Gasteiger partial charge in [-0.3, -0.25) is 0 Å². The Morgan fingerprint density at radius 1 is 0.846 bits per heavy atom. The van der Waals surface area contributed by atoms with Crippen molar-refractivity contribution in [1.29, 1.82) is 0 Å². The van der Waals surface area contributed by atoms with Crippen LogP contribution in [0.25, 0.3) is 0 Å². The minimum absolute atomic E-state index is 0. The largest absolute Gasteiger partial charge is 2.00 e. The van der Waals surface area contributed by atoms with Crippen LogP contribution in [-0.2, 0) is 16.8 Å². The van der Waals surface area contributed by atoms with Crippen molar-refractivity contribution in [2.75, 3.05) is 0 Å². The molecule has 0 amide bonds. The maximum atomic E-state index is 10.2. The third-order valence-electron chi connectivity index (χ3n) is 1.36. The number of carboxylic acids is 2. The van der Waals surface area contributed by atoms with Crippen LogP contribution < -0.4 is 10.2 Å². The number of hydrogen-bond donors (Lipinski definition) is 0. The minimum Gasteiger partial charge on any atom is -0.545 e. The van der Waals surface area contributed by atoms with Crippen LogP contribution in [0.3, 0.4) is 0 Å². The molecule has 1 radical (unpaired) electrons. The van der Waals surface area contributed by atoms with Gasteiger partial charge in [-0.1, -0.05) is 24.3 Å². The van der Waals surface area contributed by atoms with Crippen molar-refractivity contribution in [1.82, 2.24) is 0 Å². The van der Waals surface area contributed by atoms with E-state index in [1.165, 1.54) is 0 Å². The molecule has 0 atom stereocenters. The number of hydrogen-bond acceptors (Lipinski definition) is 4. The molecule has 4 nitrogen and oxygen atoms in total. The summed E-state index contributed by atoms with van der Waals surface area (Å²) in [5, 5.41) is 20.4. The van der Waals surface area contributed by atoms with Crippen LogP contribution in [0.5, 0.6) is 0 Å². The molecule has 0 aliphatic carbocycles. The normalized spacial score (nSPS) is 8.62. The standard InChI is InChI=1S/C8H6O4.Co/c9-7(10)5-1-2-6(4-3-5)8(11)12;/h1-4H,(H,9,10)(H,11,12);/q;+2/p-2. The Labute approximate surface area is 84.4 Å². The van der Waals surface area contributed by atoms with E-state index in [0.29, 0.717) is 0 Å². The molecule has 0 saturated heterocycles. The molecule has 0 bridgehead atoms. The van der Waals surface area contributed by atoms with Crippen molar-refractivity contribution in [2.24, 2.45) is 0 Å². The first-order valence-electron chi connectivity index (χ1n) is 3.14. The molecule has 1 aromatic rings. The predicted molar refractivity (Wildman–Crippen MR) is 35.1 cm³/mol. The van der Waals surface area contributed by atoms with Gasteiger partial charge in [-0.15, -0.1) is 0 Å². The molecule has 5 heteroatoms. The van der Waals surface area contributed by atoms with Crippen LogP contribution in [0.1, 0.15) is 20.7 Å². The maximum absolute atomic E-state index is 10.2. The van der Waals surface area contributed by atoms with Gasteiger partial charge in [0.25, 0.3) is 0 Å². The van der Waals surface area contributed by atoms with Crippen molar-refractivity contribution in [3.05, 3.63) is 35.4 Å². The van der Waals surface area contributed by atoms with Crippen molar-refractivity contribution in [3.8, 4) is 0 Å². The van der Waals surface area contributed by atoms with Gasteiger partial charge < -0.3 is 19.8 Å². The zero-order valence-electron chi connectivity index (χ0n) is 6.28. The molecule has 0 unspecified atom stereocenters. The molecule has 0 N–H and O–H groups in total. The summed E-state index contributed by atoms with van der Waals surface area (Å²) in [6.07, 6.45) is 0. The van der Waals surface area contributed by atoms with E-state index in [2.05, 4.69) is 0 Å². The Kier molecular flexibility index (Phi) is 4.16. The molecule has 0 heterocycles. The Bertz CT molecular complexity index is 284. The Morgan fingerprint density at radius 3 is 1.23 bits per heavy atom. The van der Waals surface area contributed by atoms with Crippen LogP contribution in [-0.4, -0.2) is 11.9 Å². The zero-order valence-corrected chi connectivity index (χ0v) is 7.32. The molecule has 0 aliphatic heterocycles. The van der Waals surface area contributed by atoms with Gasteiger partial charge in [-0.25, -0.2) is 0 Å². The van der Waals surface area contributed by atoms with E-state index in [4.69, 9.17) is 0 Å². The Hall–Kier alpha value is -1.33. The molecule has 0 spiro atoms. The molecule has 0 fully saturated rings. The molecule has 13 heavy (non-hydrogen) atoms. The third-order valence-corrected chi connectivity index (χ3v) is 1.36. The van der Waals surface area contributed by atoms with E-state index in [1.807, 2.05) is 0 Å². The molecule has 1 aromatic carbocycles. The number of rotatable bonds is 2. The van der Waals surface area contributed by atoms with E-state index >= 15 is 0 Å². The second-order valence-electron chi connectivity index (χ2n) is 2.15. The first-order valence-corrected chi connectivity index (χ1v) is 3.14. The number of carboxylic acid groups (broad SMARTS) is 2. The summed E-state index contributed by atoms with van der Waals surface area (Å²) in [4.78, 5) is 20.4. The first-order chi connectivity index (χ1) is 5.61. The van der Waals surface area contributed by atoms with Gasteiger partial charge in [0, 0.05) is 0 Å². The van der Waals surface area contributed by atoms with E-state index in [9.17, 15) is 19.8 Å². The molecule has 0 aliphatic rings. The van der Waals surface area contributed by atoms with Gasteiger partial charge in [-0.2, -0.15) is 0 Å². The molecule has 0 aromatic heterocycles. The molecular formula is C8H4CoO4. The van der Waals surface area contributed by atoms with Crippen LogP contribution in [0, 0.1) is 0 Å². The number of benzene rings is 1. The van der Waals surface area contributed by atoms with E-state index in [1.54, 1.807) is 0 Å². The van der Waals surface area contributed by atoms with Gasteiger partial charge in [0.05, 0.1) is 11.9 Å². The SMILES string of the molecule is O=C([O-])c1ccc(C(=O)[O-])cc1.[Co+2]. The quantitative estimate of drug-likeness (QED) is 0.605. The van der Waals surface area contributed by atoms with E-state index in [0.717, 1.165) is 24.3 Å². The van der Waals surface area contributed by atoms with Gasteiger partial charge in [-0.05, 0) is 11.1 Å². The smallest absolute Gasteiger partial charge is 0.545 e.